The van der Waals surface area contributed by atoms with Crippen LogP contribution in [-0.4, -0.2) is 55.5 Å². The molecule has 0 spiro atoms. The zero-order valence-electron chi connectivity index (χ0n) is 23.0. The summed E-state index contributed by atoms with van der Waals surface area (Å²) in [7, 11) is 0. The van der Waals surface area contributed by atoms with Gasteiger partial charge in [0.25, 0.3) is 0 Å². The Morgan fingerprint density at radius 1 is 1.05 bits per heavy atom. The van der Waals surface area contributed by atoms with E-state index >= 15 is 0 Å². The number of nitrogens with one attached hydrogen (secondary N) is 2. The number of hydrogen-bond acceptors (Lipinski definition) is 4. The molecule has 2 amide bonds. The van der Waals surface area contributed by atoms with Crippen LogP contribution in [0.25, 0.3) is 6.08 Å². The van der Waals surface area contributed by atoms with Crippen molar-refractivity contribution in [3.63, 3.8) is 0 Å². The summed E-state index contributed by atoms with van der Waals surface area (Å²) in [6.07, 6.45) is 4.02. The molecule has 0 aliphatic carbocycles. The molecule has 39 heavy (non-hydrogen) atoms. The molecular formula is C33H40N4O2. The summed E-state index contributed by atoms with van der Waals surface area (Å²) in [5.74, 6) is 0.0502. The Labute approximate surface area is 232 Å². The van der Waals surface area contributed by atoms with Gasteiger partial charge in [-0.1, -0.05) is 84.4 Å². The van der Waals surface area contributed by atoms with Gasteiger partial charge in [0.2, 0.25) is 11.8 Å². The fraction of sp³-hybridized carbons (Fsp3) is 0.333. The number of carbonyl (C=O) groups excluding carboxylic acids is 2. The van der Waals surface area contributed by atoms with Crippen molar-refractivity contribution in [3.05, 3.63) is 113 Å². The largest absolute Gasteiger partial charge is 0.352 e. The molecule has 0 saturated carbocycles. The summed E-state index contributed by atoms with van der Waals surface area (Å²) in [6, 6.07) is 26.5. The molecule has 3 aromatic rings. The van der Waals surface area contributed by atoms with E-state index in [9.17, 15) is 9.59 Å². The van der Waals surface area contributed by atoms with Crippen LogP contribution in [0, 0.1) is 19.8 Å². The summed E-state index contributed by atoms with van der Waals surface area (Å²) in [6.45, 7) is 6.77. The number of amides is 2. The Morgan fingerprint density at radius 3 is 2.33 bits per heavy atom. The van der Waals surface area contributed by atoms with Gasteiger partial charge in [-0.3, -0.25) is 9.59 Å². The van der Waals surface area contributed by atoms with Gasteiger partial charge < -0.3 is 21.3 Å². The van der Waals surface area contributed by atoms with Crippen molar-refractivity contribution >= 4 is 17.9 Å². The predicted octanol–water partition coefficient (Wildman–Crippen LogP) is 4.03. The molecule has 2 atom stereocenters. The summed E-state index contributed by atoms with van der Waals surface area (Å²) in [5.41, 5.74) is 11.6. The standard InChI is InChI=1S/C33H40N4O2/c1-24-13-14-27(25(2)19-24)15-16-32(38)36-21-26-20-35-31(17-18-34)33(39)37(22-26)23-30(28-9-5-3-6-10-28)29-11-7-4-8-12-29/h3-16,19,26,30-31,35H,17-18,20-23,34H2,1-2H3,(H,36,38)/b16-15+/t26-,31-/m0/s1. The summed E-state index contributed by atoms with van der Waals surface area (Å²) in [4.78, 5) is 28.3. The first kappa shape index (κ1) is 28.3. The minimum Gasteiger partial charge on any atom is -0.352 e. The second kappa shape index (κ2) is 13.9. The second-order valence-corrected chi connectivity index (χ2v) is 10.5. The lowest BCUT2D eigenvalue weighted by atomic mass is 9.90. The number of carbonyl (C=O) groups is 2. The van der Waals surface area contributed by atoms with Gasteiger partial charge in [-0.15, -0.1) is 0 Å². The summed E-state index contributed by atoms with van der Waals surface area (Å²) >= 11 is 0. The quantitative estimate of drug-likeness (QED) is 0.350. The Balaban J connectivity index is 1.48. The first-order valence-corrected chi connectivity index (χ1v) is 13.8. The van der Waals surface area contributed by atoms with Crippen molar-refractivity contribution in [3.8, 4) is 0 Å². The van der Waals surface area contributed by atoms with Crippen LogP contribution in [0.5, 0.6) is 0 Å². The number of hydrogen-bond donors (Lipinski definition) is 3. The van der Waals surface area contributed by atoms with Crippen LogP contribution in [-0.2, 0) is 9.59 Å². The van der Waals surface area contributed by atoms with Crippen LogP contribution in [0.4, 0.5) is 0 Å². The molecule has 4 rings (SSSR count). The van der Waals surface area contributed by atoms with E-state index in [4.69, 9.17) is 5.73 Å². The van der Waals surface area contributed by atoms with E-state index in [1.54, 1.807) is 6.08 Å². The molecular weight excluding hydrogens is 484 g/mol. The number of aryl methyl sites for hydroxylation is 2. The molecule has 0 radical (unpaired) electrons. The van der Waals surface area contributed by atoms with Crippen molar-refractivity contribution in [1.29, 1.82) is 0 Å². The first-order valence-electron chi connectivity index (χ1n) is 13.8. The highest BCUT2D eigenvalue weighted by atomic mass is 16.2. The first-order chi connectivity index (χ1) is 18.9. The Bertz CT molecular complexity index is 1220. The summed E-state index contributed by atoms with van der Waals surface area (Å²) in [5, 5.41) is 6.47. The van der Waals surface area contributed by atoms with Crippen LogP contribution >= 0.6 is 0 Å². The molecule has 0 unspecified atom stereocenters. The van der Waals surface area contributed by atoms with Crippen LogP contribution in [0.2, 0.25) is 0 Å². The van der Waals surface area contributed by atoms with Gasteiger partial charge in [0, 0.05) is 44.1 Å². The molecule has 1 aliphatic heterocycles. The van der Waals surface area contributed by atoms with Gasteiger partial charge >= 0.3 is 0 Å². The Hall–Kier alpha value is -3.74. The predicted molar refractivity (Wildman–Crippen MR) is 158 cm³/mol. The third kappa shape index (κ3) is 7.88. The van der Waals surface area contributed by atoms with Crippen molar-refractivity contribution < 1.29 is 9.59 Å². The molecule has 1 fully saturated rings. The molecule has 1 saturated heterocycles. The molecule has 3 aromatic carbocycles. The molecule has 0 bridgehead atoms. The fourth-order valence-electron chi connectivity index (χ4n) is 5.25. The van der Waals surface area contributed by atoms with Crippen molar-refractivity contribution in [2.24, 2.45) is 11.7 Å². The van der Waals surface area contributed by atoms with E-state index in [1.807, 2.05) is 66.4 Å². The molecule has 1 aliphatic rings. The Morgan fingerprint density at radius 2 is 1.72 bits per heavy atom. The molecule has 0 aromatic heterocycles. The SMILES string of the molecule is Cc1ccc(/C=C/C(=O)NC[C@@H]2CN[C@@H](CCN)C(=O)N(CC(c3ccccc3)c3ccccc3)C2)c(C)c1. The van der Waals surface area contributed by atoms with Crippen LogP contribution in [0.15, 0.2) is 84.9 Å². The number of benzene rings is 3. The Kier molecular flexibility index (Phi) is 10.1. The average molecular weight is 525 g/mol. The monoisotopic (exact) mass is 524 g/mol. The van der Waals surface area contributed by atoms with Gasteiger partial charge in [-0.2, -0.15) is 0 Å². The highest BCUT2D eigenvalue weighted by molar-refractivity contribution is 5.91. The lowest BCUT2D eigenvalue weighted by Gasteiger charge is -2.30. The van der Waals surface area contributed by atoms with Crippen molar-refractivity contribution in [2.45, 2.75) is 32.2 Å². The van der Waals surface area contributed by atoms with E-state index < -0.39 is 0 Å². The van der Waals surface area contributed by atoms with Gasteiger partial charge in [-0.05, 0) is 55.1 Å². The smallest absolute Gasteiger partial charge is 0.244 e. The number of rotatable bonds is 10. The van der Waals surface area contributed by atoms with Crippen LogP contribution in [0.1, 0.15) is 40.2 Å². The second-order valence-electron chi connectivity index (χ2n) is 10.5. The molecule has 204 valence electrons. The zero-order chi connectivity index (χ0) is 27.6. The molecule has 6 heteroatoms. The van der Waals surface area contributed by atoms with E-state index in [0.29, 0.717) is 39.1 Å². The number of nitrogens with two attached hydrogens (primary N) is 1. The highest BCUT2D eigenvalue weighted by Gasteiger charge is 2.32. The third-order valence-corrected chi connectivity index (χ3v) is 7.41. The maximum Gasteiger partial charge on any atom is 0.244 e. The van der Waals surface area contributed by atoms with E-state index in [1.165, 1.54) is 16.7 Å². The van der Waals surface area contributed by atoms with Gasteiger partial charge in [0.1, 0.15) is 0 Å². The topological polar surface area (TPSA) is 87.5 Å². The van der Waals surface area contributed by atoms with Gasteiger partial charge in [0.05, 0.1) is 6.04 Å². The molecule has 6 nitrogen and oxygen atoms in total. The lowest BCUT2D eigenvalue weighted by molar-refractivity contribution is -0.133. The minimum absolute atomic E-state index is 0.0453. The van der Waals surface area contributed by atoms with Gasteiger partial charge in [0.15, 0.2) is 0 Å². The maximum absolute atomic E-state index is 13.6. The van der Waals surface area contributed by atoms with Crippen LogP contribution < -0.4 is 16.4 Å². The molecule has 4 N–H and O–H groups in total. The normalized spacial score (nSPS) is 17.9. The van der Waals surface area contributed by atoms with Crippen molar-refractivity contribution in [2.75, 3.05) is 32.7 Å². The average Bonchev–Trinajstić information content (AvgIpc) is 3.09. The third-order valence-electron chi connectivity index (χ3n) is 7.41. The zero-order valence-corrected chi connectivity index (χ0v) is 23.0. The number of nitrogens with zero attached hydrogens (tertiary/aromatic N) is 1. The highest BCUT2D eigenvalue weighted by Crippen LogP contribution is 2.27. The summed E-state index contributed by atoms with van der Waals surface area (Å²) < 4.78 is 0. The minimum atomic E-state index is -0.327. The van der Waals surface area contributed by atoms with Gasteiger partial charge in [-0.25, -0.2) is 0 Å². The van der Waals surface area contributed by atoms with Crippen molar-refractivity contribution in [1.82, 2.24) is 15.5 Å². The lowest BCUT2D eigenvalue weighted by Crippen LogP contribution is -2.46. The molecule has 1 heterocycles. The maximum atomic E-state index is 13.6. The van der Waals surface area contributed by atoms with Crippen LogP contribution in [0.3, 0.4) is 0 Å². The van der Waals surface area contributed by atoms with E-state index in [-0.39, 0.29) is 29.7 Å². The van der Waals surface area contributed by atoms with E-state index in [0.717, 1.165) is 11.1 Å². The fourth-order valence-corrected chi connectivity index (χ4v) is 5.25. The van der Waals surface area contributed by atoms with E-state index in [2.05, 4.69) is 47.9 Å².